The van der Waals surface area contributed by atoms with Crippen LogP contribution in [0.3, 0.4) is 0 Å². The lowest BCUT2D eigenvalue weighted by Gasteiger charge is -2.34. The predicted octanol–water partition coefficient (Wildman–Crippen LogP) is 4.37. The van der Waals surface area contributed by atoms with Gasteiger partial charge in [0, 0.05) is 12.1 Å². The van der Waals surface area contributed by atoms with Crippen LogP contribution in [0.25, 0.3) is 0 Å². The minimum Gasteiger partial charge on any atom is -0.374 e. The van der Waals surface area contributed by atoms with Gasteiger partial charge in [0.2, 0.25) is 0 Å². The quantitative estimate of drug-likeness (QED) is 0.867. The Morgan fingerprint density at radius 2 is 1.96 bits per heavy atom. The van der Waals surface area contributed by atoms with Gasteiger partial charge >= 0.3 is 0 Å². The Balaban J connectivity index is 1.56. The van der Waals surface area contributed by atoms with Crippen LogP contribution in [0.1, 0.15) is 30.2 Å². The molecule has 0 unspecified atom stereocenters. The van der Waals surface area contributed by atoms with Crippen molar-refractivity contribution in [2.24, 2.45) is 0 Å². The van der Waals surface area contributed by atoms with Gasteiger partial charge in [0.25, 0.3) is 0 Å². The fourth-order valence-corrected chi connectivity index (χ4v) is 3.54. The van der Waals surface area contributed by atoms with Crippen LogP contribution >= 0.6 is 23.1 Å². The van der Waals surface area contributed by atoms with E-state index in [4.69, 9.17) is 21.1 Å². The summed E-state index contributed by atoms with van der Waals surface area (Å²) < 4.78 is 15.8. The minimum absolute atomic E-state index is 0.608. The maximum absolute atomic E-state index is 6.17. The number of benzene rings is 1. The summed E-state index contributed by atoms with van der Waals surface area (Å²) in [4.78, 5) is 0. The molecule has 1 fully saturated rings. The van der Waals surface area contributed by atoms with Crippen molar-refractivity contribution in [2.45, 2.75) is 32.5 Å². The molecule has 2 aromatic rings. The first kappa shape index (κ1) is 16.7. The standard InChI is InChI=1S/C17H21ClN2O2S/c1-12-15(18)16(23-20-12)19-9-8-13-4-6-14(7-5-13)17(2)21-10-3-11-22-17/h4-7,19H,3,8-11H2,1-2H3. The van der Waals surface area contributed by atoms with E-state index in [1.165, 1.54) is 17.1 Å². The van der Waals surface area contributed by atoms with E-state index in [1.54, 1.807) is 0 Å². The van der Waals surface area contributed by atoms with Crippen molar-refractivity contribution < 1.29 is 9.47 Å². The molecule has 0 spiro atoms. The molecule has 1 aliphatic heterocycles. The Labute approximate surface area is 145 Å². The summed E-state index contributed by atoms with van der Waals surface area (Å²) in [6, 6.07) is 8.43. The fourth-order valence-electron chi connectivity index (χ4n) is 2.56. The van der Waals surface area contributed by atoms with E-state index in [0.29, 0.717) is 0 Å². The number of halogens is 1. The van der Waals surface area contributed by atoms with Crippen LogP contribution in [0.2, 0.25) is 5.02 Å². The van der Waals surface area contributed by atoms with Crippen molar-refractivity contribution in [3.8, 4) is 0 Å². The zero-order valence-electron chi connectivity index (χ0n) is 13.4. The van der Waals surface area contributed by atoms with Gasteiger partial charge in [-0.05, 0) is 43.8 Å². The van der Waals surface area contributed by atoms with Crippen LogP contribution in [-0.4, -0.2) is 24.1 Å². The summed E-state index contributed by atoms with van der Waals surface area (Å²) in [6.45, 7) is 6.22. The number of nitrogens with zero attached hydrogens (tertiary/aromatic N) is 1. The van der Waals surface area contributed by atoms with E-state index >= 15 is 0 Å². The molecule has 1 aromatic heterocycles. The van der Waals surface area contributed by atoms with E-state index in [2.05, 4.69) is 34.0 Å². The highest BCUT2D eigenvalue weighted by atomic mass is 35.5. The molecule has 6 heteroatoms. The Hall–Kier alpha value is -1.14. The number of rotatable bonds is 5. The van der Waals surface area contributed by atoms with Crippen LogP contribution in [0.5, 0.6) is 0 Å². The third kappa shape index (κ3) is 3.86. The molecule has 2 heterocycles. The van der Waals surface area contributed by atoms with Crippen molar-refractivity contribution in [1.29, 1.82) is 0 Å². The lowest BCUT2D eigenvalue weighted by atomic mass is 10.0. The van der Waals surface area contributed by atoms with Crippen LogP contribution in [-0.2, 0) is 21.7 Å². The van der Waals surface area contributed by atoms with E-state index in [9.17, 15) is 0 Å². The highest BCUT2D eigenvalue weighted by Crippen LogP contribution is 2.31. The molecule has 0 saturated carbocycles. The highest BCUT2D eigenvalue weighted by Gasteiger charge is 2.30. The molecular weight excluding hydrogens is 332 g/mol. The second-order valence-corrected chi connectivity index (χ2v) is 6.93. The SMILES string of the molecule is Cc1nsc(NCCc2ccc(C3(C)OCCCO3)cc2)c1Cl. The third-order valence-corrected chi connectivity index (χ3v) is 5.48. The van der Waals surface area contributed by atoms with Gasteiger partial charge in [-0.25, -0.2) is 0 Å². The van der Waals surface area contributed by atoms with Gasteiger partial charge in [-0.15, -0.1) is 0 Å². The minimum atomic E-state index is -0.608. The Kier molecular flexibility index (Phi) is 5.21. The van der Waals surface area contributed by atoms with E-state index < -0.39 is 5.79 Å². The molecule has 1 aliphatic rings. The van der Waals surface area contributed by atoms with Crippen molar-refractivity contribution in [1.82, 2.24) is 4.37 Å². The van der Waals surface area contributed by atoms with Crippen LogP contribution in [0, 0.1) is 6.92 Å². The first-order valence-corrected chi connectivity index (χ1v) is 8.96. The van der Waals surface area contributed by atoms with Gasteiger partial charge in [-0.2, -0.15) is 4.37 Å². The van der Waals surface area contributed by atoms with Crippen molar-refractivity contribution in [3.63, 3.8) is 0 Å². The maximum Gasteiger partial charge on any atom is 0.191 e. The molecule has 0 amide bonds. The van der Waals surface area contributed by atoms with Gasteiger partial charge in [0.05, 0.1) is 23.9 Å². The third-order valence-electron chi connectivity index (χ3n) is 4.01. The molecule has 3 rings (SSSR count). The summed E-state index contributed by atoms with van der Waals surface area (Å²) in [7, 11) is 0. The first-order valence-electron chi connectivity index (χ1n) is 7.81. The van der Waals surface area contributed by atoms with Crippen molar-refractivity contribution in [2.75, 3.05) is 25.1 Å². The smallest absolute Gasteiger partial charge is 0.191 e. The lowest BCUT2D eigenvalue weighted by Crippen LogP contribution is -2.34. The second-order valence-electron chi connectivity index (χ2n) is 5.78. The van der Waals surface area contributed by atoms with Crippen molar-refractivity contribution >= 4 is 28.1 Å². The van der Waals surface area contributed by atoms with Gasteiger partial charge in [-0.1, -0.05) is 35.9 Å². The molecule has 4 nitrogen and oxygen atoms in total. The number of anilines is 1. The summed E-state index contributed by atoms with van der Waals surface area (Å²) in [5.41, 5.74) is 3.21. The second kappa shape index (κ2) is 7.18. The Morgan fingerprint density at radius 1 is 1.26 bits per heavy atom. The zero-order chi connectivity index (χ0) is 16.3. The molecule has 0 aliphatic carbocycles. The highest BCUT2D eigenvalue weighted by molar-refractivity contribution is 7.11. The number of nitrogens with one attached hydrogen (secondary N) is 1. The maximum atomic E-state index is 6.17. The Bertz CT molecular complexity index is 651. The topological polar surface area (TPSA) is 43.4 Å². The molecule has 0 bridgehead atoms. The lowest BCUT2D eigenvalue weighted by molar-refractivity contribution is -0.264. The van der Waals surface area contributed by atoms with Gasteiger partial charge in [0.15, 0.2) is 5.79 Å². The fraction of sp³-hybridized carbons (Fsp3) is 0.471. The molecule has 124 valence electrons. The number of hydrogen-bond donors (Lipinski definition) is 1. The molecule has 1 saturated heterocycles. The van der Waals surface area contributed by atoms with E-state index in [-0.39, 0.29) is 0 Å². The molecule has 0 atom stereocenters. The van der Waals surface area contributed by atoms with E-state index in [0.717, 1.165) is 53.9 Å². The normalized spacial score (nSPS) is 17.2. The van der Waals surface area contributed by atoms with Crippen LogP contribution in [0.15, 0.2) is 24.3 Å². The number of hydrogen-bond acceptors (Lipinski definition) is 5. The predicted molar refractivity (Wildman–Crippen MR) is 94.4 cm³/mol. The average Bonchev–Trinajstić information content (AvgIpc) is 2.88. The first-order chi connectivity index (χ1) is 11.1. The van der Waals surface area contributed by atoms with Gasteiger partial charge < -0.3 is 14.8 Å². The summed E-state index contributed by atoms with van der Waals surface area (Å²) >= 11 is 7.58. The zero-order valence-corrected chi connectivity index (χ0v) is 15.0. The summed E-state index contributed by atoms with van der Waals surface area (Å²) in [6.07, 6.45) is 1.88. The number of ether oxygens (including phenoxy) is 2. The summed E-state index contributed by atoms with van der Waals surface area (Å²) in [5.74, 6) is -0.608. The van der Waals surface area contributed by atoms with Crippen molar-refractivity contribution in [3.05, 3.63) is 46.1 Å². The van der Waals surface area contributed by atoms with Crippen LogP contribution < -0.4 is 5.32 Å². The largest absolute Gasteiger partial charge is 0.374 e. The molecule has 0 radical (unpaired) electrons. The van der Waals surface area contributed by atoms with Crippen LogP contribution in [0.4, 0.5) is 5.00 Å². The molecular formula is C17H21ClN2O2S. The van der Waals surface area contributed by atoms with Gasteiger partial charge in [-0.3, -0.25) is 0 Å². The number of aromatic nitrogens is 1. The average molecular weight is 353 g/mol. The van der Waals surface area contributed by atoms with Gasteiger partial charge in [0.1, 0.15) is 5.00 Å². The monoisotopic (exact) mass is 352 g/mol. The summed E-state index contributed by atoms with van der Waals surface area (Å²) in [5, 5.41) is 5.01. The Morgan fingerprint density at radius 3 is 2.57 bits per heavy atom. The van der Waals surface area contributed by atoms with E-state index in [1.807, 2.05) is 13.8 Å². The molecule has 1 aromatic carbocycles. The number of aryl methyl sites for hydroxylation is 1. The molecule has 23 heavy (non-hydrogen) atoms. The molecule has 1 N–H and O–H groups in total.